The van der Waals surface area contributed by atoms with E-state index < -0.39 is 0 Å². The molecule has 0 aliphatic heterocycles. The molecule has 1 amide bonds. The molecule has 1 heterocycles. The molecule has 0 aliphatic rings. The molecule has 0 spiro atoms. The van der Waals surface area contributed by atoms with Crippen molar-refractivity contribution in [3.05, 3.63) is 65.5 Å². The summed E-state index contributed by atoms with van der Waals surface area (Å²) in [4.78, 5) is 29.4. The Kier molecular flexibility index (Phi) is 11.4. The summed E-state index contributed by atoms with van der Waals surface area (Å²) in [7, 11) is 0. The normalized spacial score (nSPS) is 10.7. The molecule has 1 aromatic heterocycles. The third-order valence-corrected chi connectivity index (χ3v) is 5.15. The lowest BCUT2D eigenvalue weighted by Crippen LogP contribution is -2.27. The Labute approximate surface area is 179 Å². The van der Waals surface area contributed by atoms with Gasteiger partial charge >= 0.3 is 0 Å². The average Bonchev–Trinajstić information content (AvgIpc) is 2.79. The van der Waals surface area contributed by atoms with Crippen LogP contribution in [0.1, 0.15) is 90.6 Å². The van der Waals surface area contributed by atoms with Gasteiger partial charge in [-0.1, -0.05) is 81.7 Å². The van der Waals surface area contributed by atoms with Gasteiger partial charge in [0.15, 0.2) is 5.78 Å². The molecule has 2 rings (SSSR count). The summed E-state index contributed by atoms with van der Waals surface area (Å²) < 4.78 is 12.0. The molecule has 1 aromatic carbocycles. The summed E-state index contributed by atoms with van der Waals surface area (Å²) >= 11 is 0. The molecule has 1 N–H and O–H groups in total. The Hall–Kier alpha value is -2.56. The first kappa shape index (κ1) is 23.7. The topological polar surface area (TPSA) is 59.1 Å². The lowest BCUT2D eigenvalue weighted by Gasteiger charge is -2.09. The van der Waals surface area contributed by atoms with E-state index >= 15 is 0 Å². The van der Waals surface area contributed by atoms with Crippen LogP contribution in [0.2, 0.25) is 0 Å². The van der Waals surface area contributed by atoms with Gasteiger partial charge in [-0.3, -0.25) is 19.0 Å². The molecular weight excluding hydrogens is 379 g/mol. The summed E-state index contributed by atoms with van der Waals surface area (Å²) in [6.07, 6.45) is 12.4. The van der Waals surface area contributed by atoms with E-state index in [-0.39, 0.29) is 24.1 Å². The van der Waals surface area contributed by atoms with Crippen molar-refractivity contribution in [3.8, 4) is 0 Å². The monoisotopic (exact) mass is 412 g/mol. The fraction of sp³-hybridized carbons (Fsp3) is 0.480. The second-order valence-electron chi connectivity index (χ2n) is 7.58. The number of carbonyl (C=O) groups excluding carboxylic acids is 2. The number of alkyl halides is 1. The van der Waals surface area contributed by atoms with E-state index in [4.69, 9.17) is 0 Å². The number of nitrogens with zero attached hydrogens (tertiary/aromatic N) is 1. The number of benzene rings is 1. The smallest absolute Gasteiger partial charge is 0.270 e. The second kappa shape index (κ2) is 14.4. The Bertz CT molecular complexity index is 765. The number of hydrogen-bond donors (Lipinski definition) is 1. The van der Waals surface area contributed by atoms with Crippen molar-refractivity contribution in [3.63, 3.8) is 0 Å². The van der Waals surface area contributed by atoms with Crippen LogP contribution in [0.15, 0.2) is 48.7 Å². The van der Waals surface area contributed by atoms with Crippen molar-refractivity contribution in [1.82, 2.24) is 10.3 Å². The first-order chi connectivity index (χ1) is 14.7. The van der Waals surface area contributed by atoms with Crippen LogP contribution in [0.5, 0.6) is 0 Å². The minimum absolute atomic E-state index is 0.180. The Morgan fingerprint density at radius 3 is 2.00 bits per heavy atom. The zero-order chi connectivity index (χ0) is 21.4. The van der Waals surface area contributed by atoms with E-state index in [1.54, 1.807) is 36.4 Å². The van der Waals surface area contributed by atoms with E-state index in [1.165, 1.54) is 31.9 Å². The first-order valence-electron chi connectivity index (χ1n) is 11.1. The summed E-state index contributed by atoms with van der Waals surface area (Å²) in [6, 6.07) is 12.3. The number of carbonyl (C=O) groups is 2. The molecule has 0 aliphatic carbocycles. The van der Waals surface area contributed by atoms with Gasteiger partial charge in [-0.2, -0.15) is 0 Å². The molecule has 30 heavy (non-hydrogen) atoms. The number of hydrogen-bond acceptors (Lipinski definition) is 3. The predicted molar refractivity (Wildman–Crippen MR) is 119 cm³/mol. The van der Waals surface area contributed by atoms with Crippen molar-refractivity contribution in [2.45, 2.75) is 64.2 Å². The van der Waals surface area contributed by atoms with Gasteiger partial charge in [0.1, 0.15) is 5.69 Å². The highest BCUT2D eigenvalue weighted by Gasteiger charge is 2.19. The number of pyridine rings is 1. The highest BCUT2D eigenvalue weighted by atomic mass is 19.1. The van der Waals surface area contributed by atoms with Crippen molar-refractivity contribution < 1.29 is 14.0 Å². The van der Waals surface area contributed by atoms with Crippen molar-refractivity contribution >= 4 is 11.7 Å². The van der Waals surface area contributed by atoms with Gasteiger partial charge in [0.2, 0.25) is 0 Å². The lowest BCUT2D eigenvalue weighted by molar-refractivity contribution is 0.0936. The van der Waals surface area contributed by atoms with Crippen LogP contribution in [0, 0.1) is 0 Å². The molecular formula is C25H33FN2O2. The first-order valence-corrected chi connectivity index (χ1v) is 11.1. The molecule has 162 valence electrons. The number of aromatic nitrogens is 1. The van der Waals surface area contributed by atoms with Gasteiger partial charge in [0, 0.05) is 18.3 Å². The number of ketones is 1. The number of unbranched alkanes of at least 4 members (excludes halogenated alkanes) is 9. The van der Waals surface area contributed by atoms with Crippen LogP contribution in [0.4, 0.5) is 4.39 Å². The van der Waals surface area contributed by atoms with Gasteiger partial charge in [-0.25, -0.2) is 0 Å². The third kappa shape index (κ3) is 8.44. The van der Waals surface area contributed by atoms with E-state index in [0.29, 0.717) is 24.1 Å². The van der Waals surface area contributed by atoms with Crippen LogP contribution in [-0.2, 0) is 0 Å². The Balaban J connectivity index is 1.66. The number of halogens is 1. The van der Waals surface area contributed by atoms with Gasteiger partial charge < -0.3 is 5.32 Å². The predicted octanol–water partition coefficient (Wildman–Crippen LogP) is 5.91. The SMILES string of the molecule is O=C(c1ccccc1)c1cccnc1C(=O)NCCCCCCCCCCCCF. The molecule has 0 saturated heterocycles. The van der Waals surface area contributed by atoms with Crippen LogP contribution in [-0.4, -0.2) is 29.9 Å². The van der Waals surface area contributed by atoms with Crippen LogP contribution >= 0.6 is 0 Å². The third-order valence-electron chi connectivity index (χ3n) is 5.15. The maximum Gasteiger partial charge on any atom is 0.270 e. The summed E-state index contributed by atoms with van der Waals surface area (Å²) in [5.41, 5.74) is 1.05. The van der Waals surface area contributed by atoms with Gasteiger partial charge in [0.25, 0.3) is 5.91 Å². The fourth-order valence-electron chi connectivity index (χ4n) is 3.43. The van der Waals surface area contributed by atoms with E-state index in [0.717, 1.165) is 32.1 Å². The minimum Gasteiger partial charge on any atom is -0.351 e. The molecule has 5 heteroatoms. The van der Waals surface area contributed by atoms with Crippen molar-refractivity contribution in [2.75, 3.05) is 13.2 Å². The van der Waals surface area contributed by atoms with Crippen molar-refractivity contribution in [2.24, 2.45) is 0 Å². The molecule has 0 fully saturated rings. The van der Waals surface area contributed by atoms with Crippen LogP contribution in [0.25, 0.3) is 0 Å². The number of amides is 1. The standard InChI is InChI=1S/C25H33FN2O2/c26-18-12-7-5-3-1-2-4-6-8-13-19-28-25(30)23-22(17-14-20-27-23)24(29)21-15-10-9-11-16-21/h9-11,14-17,20H,1-8,12-13,18-19H2,(H,28,30). The molecule has 0 bridgehead atoms. The van der Waals surface area contributed by atoms with Crippen molar-refractivity contribution in [1.29, 1.82) is 0 Å². The summed E-state index contributed by atoms with van der Waals surface area (Å²) in [5, 5.41) is 2.89. The summed E-state index contributed by atoms with van der Waals surface area (Å²) in [6.45, 7) is 0.388. The minimum atomic E-state index is -0.303. The van der Waals surface area contributed by atoms with Gasteiger partial charge in [0.05, 0.1) is 12.2 Å². The molecule has 0 atom stereocenters. The van der Waals surface area contributed by atoms with E-state index in [9.17, 15) is 14.0 Å². The molecule has 4 nitrogen and oxygen atoms in total. The molecule has 0 saturated carbocycles. The zero-order valence-corrected chi connectivity index (χ0v) is 17.7. The fourth-order valence-corrected chi connectivity index (χ4v) is 3.43. The van der Waals surface area contributed by atoms with Gasteiger partial charge in [-0.05, 0) is 25.0 Å². The second-order valence-corrected chi connectivity index (χ2v) is 7.58. The highest BCUT2D eigenvalue weighted by Crippen LogP contribution is 2.13. The highest BCUT2D eigenvalue weighted by molar-refractivity contribution is 6.14. The van der Waals surface area contributed by atoms with Crippen LogP contribution < -0.4 is 5.32 Å². The zero-order valence-electron chi connectivity index (χ0n) is 17.7. The van der Waals surface area contributed by atoms with Crippen LogP contribution in [0.3, 0.4) is 0 Å². The maximum absolute atomic E-state index is 12.7. The summed E-state index contributed by atoms with van der Waals surface area (Å²) in [5.74, 6) is -0.498. The lowest BCUT2D eigenvalue weighted by atomic mass is 10.0. The van der Waals surface area contributed by atoms with E-state index in [2.05, 4.69) is 10.3 Å². The molecule has 2 aromatic rings. The van der Waals surface area contributed by atoms with Gasteiger partial charge in [-0.15, -0.1) is 0 Å². The molecule has 0 unspecified atom stereocenters. The largest absolute Gasteiger partial charge is 0.351 e. The Morgan fingerprint density at radius 2 is 1.37 bits per heavy atom. The average molecular weight is 413 g/mol. The molecule has 0 radical (unpaired) electrons. The number of rotatable bonds is 15. The van der Waals surface area contributed by atoms with E-state index in [1.807, 2.05) is 6.07 Å². The quantitative estimate of drug-likeness (QED) is 0.292. The Morgan fingerprint density at radius 1 is 0.767 bits per heavy atom. The maximum atomic E-state index is 12.7. The number of nitrogens with one attached hydrogen (secondary N) is 1.